The van der Waals surface area contributed by atoms with E-state index in [4.69, 9.17) is 5.73 Å². The molecule has 4 nitrogen and oxygen atoms in total. The number of hydrogen-bond acceptors (Lipinski definition) is 4. The molecule has 0 aromatic heterocycles. The summed E-state index contributed by atoms with van der Waals surface area (Å²) in [4.78, 5) is 2.28. The van der Waals surface area contributed by atoms with Crippen LogP contribution in [0.3, 0.4) is 0 Å². The van der Waals surface area contributed by atoms with Crippen molar-refractivity contribution in [2.45, 2.75) is 13.0 Å². The maximum Gasteiger partial charge on any atom is 0.0917 e. The average Bonchev–Trinajstić information content (AvgIpc) is 2.34. The highest BCUT2D eigenvalue weighted by molar-refractivity contribution is 5.48. The fourth-order valence-corrected chi connectivity index (χ4v) is 2.11. The van der Waals surface area contributed by atoms with E-state index >= 15 is 0 Å². The number of rotatable bonds is 3. The van der Waals surface area contributed by atoms with Gasteiger partial charge < -0.3 is 16.2 Å². The number of aryl methyl sites for hydroxylation is 1. The molecule has 1 aliphatic rings. The molecule has 1 saturated heterocycles. The van der Waals surface area contributed by atoms with E-state index < -0.39 is 6.10 Å². The molecule has 1 heterocycles. The zero-order chi connectivity index (χ0) is 12.3. The summed E-state index contributed by atoms with van der Waals surface area (Å²) in [6.07, 6.45) is -0.448. The number of nitrogens with zero attached hydrogens (tertiary/aromatic N) is 1. The van der Waals surface area contributed by atoms with Crippen molar-refractivity contribution < 1.29 is 5.11 Å². The van der Waals surface area contributed by atoms with E-state index in [0.717, 1.165) is 43.0 Å². The maximum absolute atomic E-state index is 10.2. The van der Waals surface area contributed by atoms with Crippen LogP contribution in [0.25, 0.3) is 0 Å². The first-order valence-electron chi connectivity index (χ1n) is 6.14. The van der Waals surface area contributed by atoms with Gasteiger partial charge in [-0.1, -0.05) is 12.1 Å². The number of aliphatic hydroxyl groups is 1. The number of piperazine rings is 1. The van der Waals surface area contributed by atoms with Gasteiger partial charge in [-0.15, -0.1) is 0 Å². The van der Waals surface area contributed by atoms with Crippen molar-refractivity contribution in [3.05, 3.63) is 29.3 Å². The largest absolute Gasteiger partial charge is 0.399 e. The second-order valence-electron chi connectivity index (χ2n) is 4.68. The molecule has 4 heteroatoms. The molecule has 1 atom stereocenters. The Hall–Kier alpha value is -1.10. The molecule has 0 bridgehead atoms. The molecule has 2 rings (SSSR count). The third-order valence-corrected chi connectivity index (χ3v) is 3.33. The van der Waals surface area contributed by atoms with E-state index in [1.165, 1.54) is 0 Å². The molecule has 94 valence electrons. The standard InChI is InChI=1S/C13H21N3O/c1-10-2-3-11(8-12(10)14)13(17)9-16-6-4-15-5-7-16/h2-3,8,13,15,17H,4-7,9,14H2,1H3. The Morgan fingerprint density at radius 1 is 1.41 bits per heavy atom. The lowest BCUT2D eigenvalue weighted by molar-refractivity contribution is 0.105. The summed E-state index contributed by atoms with van der Waals surface area (Å²) in [6, 6.07) is 5.80. The molecule has 1 aliphatic heterocycles. The molecule has 0 aliphatic carbocycles. The van der Waals surface area contributed by atoms with Gasteiger partial charge in [0.1, 0.15) is 0 Å². The van der Waals surface area contributed by atoms with E-state index in [1.807, 2.05) is 25.1 Å². The Balaban J connectivity index is 1.98. The summed E-state index contributed by atoms with van der Waals surface area (Å²) in [5.74, 6) is 0. The van der Waals surface area contributed by atoms with Crippen LogP contribution in [0.4, 0.5) is 5.69 Å². The van der Waals surface area contributed by atoms with Gasteiger partial charge in [0.2, 0.25) is 0 Å². The van der Waals surface area contributed by atoms with Gasteiger partial charge in [-0.3, -0.25) is 4.90 Å². The lowest BCUT2D eigenvalue weighted by Crippen LogP contribution is -2.44. The normalized spacial score (nSPS) is 19.2. The number of nitrogen functional groups attached to an aromatic ring is 1. The number of aliphatic hydroxyl groups excluding tert-OH is 1. The number of nitrogens with two attached hydrogens (primary N) is 1. The predicted molar refractivity (Wildman–Crippen MR) is 69.9 cm³/mol. The molecule has 4 N–H and O–H groups in total. The minimum Gasteiger partial charge on any atom is -0.399 e. The fourth-order valence-electron chi connectivity index (χ4n) is 2.11. The van der Waals surface area contributed by atoms with Gasteiger partial charge in [-0.2, -0.15) is 0 Å². The van der Waals surface area contributed by atoms with Crippen molar-refractivity contribution >= 4 is 5.69 Å². The highest BCUT2D eigenvalue weighted by atomic mass is 16.3. The third kappa shape index (κ3) is 3.19. The molecule has 1 unspecified atom stereocenters. The maximum atomic E-state index is 10.2. The van der Waals surface area contributed by atoms with E-state index in [-0.39, 0.29) is 0 Å². The zero-order valence-electron chi connectivity index (χ0n) is 10.3. The summed E-state index contributed by atoms with van der Waals surface area (Å²) >= 11 is 0. The molecule has 0 saturated carbocycles. The molecule has 0 spiro atoms. The van der Waals surface area contributed by atoms with Crippen molar-refractivity contribution in [1.82, 2.24) is 10.2 Å². The van der Waals surface area contributed by atoms with E-state index in [2.05, 4.69) is 10.2 Å². The van der Waals surface area contributed by atoms with Crippen molar-refractivity contribution in [2.24, 2.45) is 0 Å². The van der Waals surface area contributed by atoms with Crippen LogP contribution in [0.1, 0.15) is 17.2 Å². The number of β-amino-alcohol motifs (C(OH)–C–C–N with tert-alkyl or cyclic N) is 1. The SMILES string of the molecule is Cc1ccc(C(O)CN2CCNCC2)cc1N. The highest BCUT2D eigenvalue weighted by Gasteiger charge is 2.15. The van der Waals surface area contributed by atoms with Gasteiger partial charge in [-0.05, 0) is 24.1 Å². The minimum atomic E-state index is -0.448. The van der Waals surface area contributed by atoms with Crippen LogP contribution in [-0.2, 0) is 0 Å². The molecular weight excluding hydrogens is 214 g/mol. The van der Waals surface area contributed by atoms with Gasteiger partial charge in [0.05, 0.1) is 6.10 Å². The van der Waals surface area contributed by atoms with Crippen molar-refractivity contribution in [2.75, 3.05) is 38.5 Å². The van der Waals surface area contributed by atoms with Crippen molar-refractivity contribution in [3.8, 4) is 0 Å². The zero-order valence-corrected chi connectivity index (χ0v) is 10.3. The van der Waals surface area contributed by atoms with Crippen LogP contribution in [0.5, 0.6) is 0 Å². The molecule has 0 amide bonds. The Morgan fingerprint density at radius 2 is 2.12 bits per heavy atom. The van der Waals surface area contributed by atoms with Crippen molar-refractivity contribution in [3.63, 3.8) is 0 Å². The number of anilines is 1. The highest BCUT2D eigenvalue weighted by Crippen LogP contribution is 2.20. The first-order chi connectivity index (χ1) is 8.16. The van der Waals surface area contributed by atoms with Crippen molar-refractivity contribution in [1.29, 1.82) is 0 Å². The van der Waals surface area contributed by atoms with Crippen LogP contribution in [0, 0.1) is 6.92 Å². The molecular formula is C13H21N3O. The quantitative estimate of drug-likeness (QED) is 0.668. The number of hydrogen-bond donors (Lipinski definition) is 3. The predicted octanol–water partition coefficient (Wildman–Crippen LogP) is 0.516. The summed E-state index contributed by atoms with van der Waals surface area (Å²) in [5.41, 5.74) is 8.58. The van der Waals surface area contributed by atoms with Gasteiger partial charge in [0.15, 0.2) is 0 Å². The van der Waals surface area contributed by atoms with Crippen LogP contribution < -0.4 is 11.1 Å². The summed E-state index contributed by atoms with van der Waals surface area (Å²) in [5, 5.41) is 13.5. The van der Waals surface area contributed by atoms with Crippen LogP contribution in [0.2, 0.25) is 0 Å². The topological polar surface area (TPSA) is 61.5 Å². The molecule has 1 fully saturated rings. The Morgan fingerprint density at radius 3 is 2.76 bits per heavy atom. The second-order valence-corrected chi connectivity index (χ2v) is 4.68. The second kappa shape index (κ2) is 5.49. The Bertz CT molecular complexity index is 375. The van der Waals surface area contributed by atoms with Gasteiger partial charge in [0.25, 0.3) is 0 Å². The molecule has 0 radical (unpaired) electrons. The van der Waals surface area contributed by atoms with E-state index in [9.17, 15) is 5.11 Å². The van der Waals surface area contributed by atoms with Crippen LogP contribution in [-0.4, -0.2) is 42.7 Å². The number of benzene rings is 1. The van der Waals surface area contributed by atoms with Crippen LogP contribution in [0.15, 0.2) is 18.2 Å². The van der Waals surface area contributed by atoms with Gasteiger partial charge >= 0.3 is 0 Å². The first-order valence-corrected chi connectivity index (χ1v) is 6.14. The first kappa shape index (κ1) is 12.4. The lowest BCUT2D eigenvalue weighted by Gasteiger charge is -2.29. The number of nitrogens with one attached hydrogen (secondary N) is 1. The van der Waals surface area contributed by atoms with E-state index in [0.29, 0.717) is 6.54 Å². The minimum absolute atomic E-state index is 0.448. The summed E-state index contributed by atoms with van der Waals surface area (Å²) < 4.78 is 0. The molecule has 1 aromatic rings. The Kier molecular flexibility index (Phi) is 3.99. The average molecular weight is 235 g/mol. The monoisotopic (exact) mass is 235 g/mol. The third-order valence-electron chi connectivity index (χ3n) is 3.33. The van der Waals surface area contributed by atoms with E-state index in [1.54, 1.807) is 0 Å². The van der Waals surface area contributed by atoms with Gasteiger partial charge in [-0.25, -0.2) is 0 Å². The molecule has 17 heavy (non-hydrogen) atoms. The fraction of sp³-hybridized carbons (Fsp3) is 0.538. The van der Waals surface area contributed by atoms with Gasteiger partial charge in [0, 0.05) is 38.4 Å². The smallest absolute Gasteiger partial charge is 0.0917 e. The molecule has 1 aromatic carbocycles. The summed E-state index contributed by atoms with van der Waals surface area (Å²) in [7, 11) is 0. The van der Waals surface area contributed by atoms with Crippen LogP contribution >= 0.6 is 0 Å². The lowest BCUT2D eigenvalue weighted by atomic mass is 10.1. The summed E-state index contributed by atoms with van der Waals surface area (Å²) in [6.45, 7) is 6.66. The Labute approximate surface area is 102 Å².